The Balaban J connectivity index is 1.29. The molecule has 0 unspecified atom stereocenters. The molecule has 0 saturated heterocycles. The second-order valence-corrected chi connectivity index (χ2v) is 11.3. The number of hydrogen-bond acceptors (Lipinski definition) is 7. The lowest BCUT2D eigenvalue weighted by Crippen LogP contribution is -2.52. The number of aromatic nitrogens is 2. The predicted molar refractivity (Wildman–Crippen MR) is 138 cm³/mol. The summed E-state index contributed by atoms with van der Waals surface area (Å²) in [4.78, 5) is 35.2. The summed E-state index contributed by atoms with van der Waals surface area (Å²) in [5.41, 5.74) is -2.93. The molecule has 4 bridgehead atoms. The van der Waals surface area contributed by atoms with E-state index in [1.54, 1.807) is 4.68 Å². The lowest BCUT2D eigenvalue weighted by atomic mass is 9.53. The molecule has 1 aromatic heterocycles. The van der Waals surface area contributed by atoms with E-state index in [0.717, 1.165) is 68.9 Å². The molecule has 4 aliphatic carbocycles. The van der Waals surface area contributed by atoms with Crippen LogP contribution in [0, 0.1) is 38.0 Å². The lowest BCUT2D eigenvalue weighted by molar-refractivity contribution is -0.385. The number of anilines is 1. The fraction of sp³-hybridized carbons (Fsp3) is 0.407. The van der Waals surface area contributed by atoms with Gasteiger partial charge in [-0.1, -0.05) is 6.07 Å². The topological polar surface area (TPSA) is 142 Å². The van der Waals surface area contributed by atoms with Gasteiger partial charge in [-0.05, 0) is 74.5 Å². The number of nitrogens with one attached hydrogen (secondary N) is 1. The van der Waals surface area contributed by atoms with Crippen LogP contribution in [0.15, 0.2) is 48.7 Å². The number of nitro groups is 2. The van der Waals surface area contributed by atoms with E-state index in [4.69, 9.17) is 4.74 Å². The summed E-state index contributed by atoms with van der Waals surface area (Å²) in [5, 5.41) is 30.2. The summed E-state index contributed by atoms with van der Waals surface area (Å²) in [5.74, 6) is 0.182. The number of rotatable bonds is 7. The molecule has 41 heavy (non-hydrogen) atoms. The molecule has 1 amide bonds. The Morgan fingerprint density at radius 3 is 2.22 bits per heavy atom. The highest BCUT2D eigenvalue weighted by atomic mass is 19.4. The van der Waals surface area contributed by atoms with Crippen LogP contribution in [0.1, 0.15) is 54.6 Å². The van der Waals surface area contributed by atoms with Crippen molar-refractivity contribution in [3.63, 3.8) is 0 Å². The Kier molecular flexibility index (Phi) is 6.23. The molecular weight excluding hydrogens is 547 g/mol. The van der Waals surface area contributed by atoms with Crippen molar-refractivity contribution in [3.8, 4) is 11.5 Å². The SMILES string of the molecule is O=C(Nc1cc(Oc2cccc(C(F)(F)F)c2)cc([N+](=O)[O-])c1)c1nn(C23CC4CC(CC(C4)C2)C3)cc1[N+](=O)[O-]. The van der Waals surface area contributed by atoms with E-state index < -0.39 is 44.6 Å². The van der Waals surface area contributed by atoms with E-state index >= 15 is 0 Å². The number of alkyl halides is 3. The van der Waals surface area contributed by atoms with E-state index in [1.165, 1.54) is 18.3 Å². The second-order valence-electron chi connectivity index (χ2n) is 11.3. The maximum absolute atomic E-state index is 13.3. The van der Waals surface area contributed by atoms with Crippen molar-refractivity contribution < 1.29 is 32.5 Å². The maximum Gasteiger partial charge on any atom is 0.416 e. The van der Waals surface area contributed by atoms with Crippen molar-refractivity contribution in [2.45, 2.75) is 50.2 Å². The molecule has 0 spiro atoms. The third-order valence-corrected chi connectivity index (χ3v) is 8.36. The summed E-state index contributed by atoms with van der Waals surface area (Å²) in [6, 6.07) is 7.12. The van der Waals surface area contributed by atoms with Gasteiger partial charge in [-0.3, -0.25) is 29.7 Å². The normalized spacial score (nSPS) is 24.7. The van der Waals surface area contributed by atoms with Gasteiger partial charge in [-0.25, -0.2) is 0 Å². The van der Waals surface area contributed by atoms with Crippen LogP contribution in [0.25, 0.3) is 0 Å². The Morgan fingerprint density at radius 1 is 0.976 bits per heavy atom. The van der Waals surface area contributed by atoms with Crippen molar-refractivity contribution in [2.75, 3.05) is 5.32 Å². The second kappa shape index (κ2) is 9.56. The average molecular weight is 572 g/mol. The number of hydrogen-bond donors (Lipinski definition) is 1. The number of non-ortho nitro benzene ring substituents is 1. The Labute approximate surface area is 230 Å². The number of ether oxygens (including phenoxy) is 1. The molecule has 7 rings (SSSR count). The predicted octanol–water partition coefficient (Wildman–Crippen LogP) is 6.69. The minimum absolute atomic E-state index is 0.148. The van der Waals surface area contributed by atoms with Crippen molar-refractivity contribution >= 4 is 23.0 Å². The van der Waals surface area contributed by atoms with Gasteiger partial charge in [-0.2, -0.15) is 18.3 Å². The fourth-order valence-corrected chi connectivity index (χ4v) is 7.13. The van der Waals surface area contributed by atoms with Gasteiger partial charge in [0.25, 0.3) is 11.6 Å². The van der Waals surface area contributed by atoms with Crippen LogP contribution >= 0.6 is 0 Å². The fourth-order valence-electron chi connectivity index (χ4n) is 7.13. The molecule has 1 heterocycles. The average Bonchev–Trinajstić information content (AvgIpc) is 3.35. The molecule has 4 fully saturated rings. The summed E-state index contributed by atoms with van der Waals surface area (Å²) in [6.07, 6.45) is 2.65. The molecule has 214 valence electrons. The van der Waals surface area contributed by atoms with Gasteiger partial charge in [0.15, 0.2) is 0 Å². The molecule has 11 nitrogen and oxygen atoms in total. The first-order chi connectivity index (χ1) is 19.4. The molecule has 14 heteroatoms. The smallest absolute Gasteiger partial charge is 0.416 e. The summed E-state index contributed by atoms with van der Waals surface area (Å²) < 4.78 is 46.3. The minimum Gasteiger partial charge on any atom is -0.457 e. The minimum atomic E-state index is -4.63. The maximum atomic E-state index is 13.3. The summed E-state index contributed by atoms with van der Waals surface area (Å²) in [7, 11) is 0. The van der Waals surface area contributed by atoms with Crippen molar-refractivity contribution in [1.82, 2.24) is 9.78 Å². The molecule has 0 radical (unpaired) electrons. The number of carbonyl (C=O) groups is 1. The summed E-state index contributed by atoms with van der Waals surface area (Å²) >= 11 is 0. The van der Waals surface area contributed by atoms with Crippen LogP contribution in [-0.2, 0) is 11.7 Å². The van der Waals surface area contributed by atoms with E-state index in [2.05, 4.69) is 10.4 Å². The van der Waals surface area contributed by atoms with Gasteiger partial charge in [0.05, 0.1) is 32.7 Å². The zero-order chi connectivity index (χ0) is 29.1. The Morgan fingerprint density at radius 2 is 1.63 bits per heavy atom. The monoisotopic (exact) mass is 571 g/mol. The zero-order valence-corrected chi connectivity index (χ0v) is 21.5. The quantitative estimate of drug-likeness (QED) is 0.246. The first-order valence-corrected chi connectivity index (χ1v) is 13.1. The zero-order valence-electron chi connectivity index (χ0n) is 21.5. The van der Waals surface area contributed by atoms with Crippen LogP contribution in [0.4, 0.5) is 30.2 Å². The number of carbonyl (C=O) groups excluding carboxylic acids is 1. The van der Waals surface area contributed by atoms with Gasteiger partial charge in [0.2, 0.25) is 5.69 Å². The Hall–Kier alpha value is -4.49. The number of nitrogens with zero attached hydrogens (tertiary/aromatic N) is 4. The first kappa shape index (κ1) is 26.7. The van der Waals surface area contributed by atoms with E-state index in [0.29, 0.717) is 17.8 Å². The molecule has 4 saturated carbocycles. The van der Waals surface area contributed by atoms with Gasteiger partial charge in [0.1, 0.15) is 17.7 Å². The molecule has 0 atom stereocenters. The summed E-state index contributed by atoms with van der Waals surface area (Å²) in [6.45, 7) is 0. The van der Waals surface area contributed by atoms with E-state index in [9.17, 15) is 38.2 Å². The number of benzene rings is 2. The first-order valence-electron chi connectivity index (χ1n) is 13.1. The molecule has 2 aromatic carbocycles. The molecule has 4 aliphatic rings. The van der Waals surface area contributed by atoms with Gasteiger partial charge >= 0.3 is 11.9 Å². The third-order valence-electron chi connectivity index (χ3n) is 8.36. The number of nitro benzene ring substituents is 1. The highest BCUT2D eigenvalue weighted by Crippen LogP contribution is 2.58. The Bertz CT molecular complexity index is 1530. The van der Waals surface area contributed by atoms with Crippen molar-refractivity contribution in [1.29, 1.82) is 0 Å². The standard InChI is InChI=1S/C27H24F3N5O6/c28-27(29,30)18-2-1-3-21(7-18)41-22-9-19(8-20(10-22)34(37)38)31-25(36)24-23(35(39)40)14-33(32-24)26-11-15-4-16(12-26)6-17(5-15)13-26/h1-3,7-10,14-17H,4-6,11-13H2,(H,31,36). The highest BCUT2D eigenvalue weighted by Gasteiger charge is 2.53. The molecular formula is C27H24F3N5O6. The van der Waals surface area contributed by atoms with Crippen LogP contribution in [-0.4, -0.2) is 25.5 Å². The largest absolute Gasteiger partial charge is 0.457 e. The number of halogens is 3. The van der Waals surface area contributed by atoms with Crippen molar-refractivity contribution in [3.05, 3.63) is 80.1 Å². The molecule has 1 N–H and O–H groups in total. The van der Waals surface area contributed by atoms with Crippen LogP contribution in [0.5, 0.6) is 11.5 Å². The van der Waals surface area contributed by atoms with Crippen LogP contribution in [0.3, 0.4) is 0 Å². The lowest BCUT2D eigenvalue weighted by Gasteiger charge is -2.56. The molecule has 3 aromatic rings. The van der Waals surface area contributed by atoms with E-state index in [1.807, 2.05) is 0 Å². The number of amides is 1. The van der Waals surface area contributed by atoms with Gasteiger partial charge in [0, 0.05) is 12.1 Å². The highest BCUT2D eigenvalue weighted by molar-refractivity contribution is 6.05. The van der Waals surface area contributed by atoms with Crippen molar-refractivity contribution in [2.24, 2.45) is 17.8 Å². The van der Waals surface area contributed by atoms with Gasteiger partial charge in [-0.15, -0.1) is 0 Å². The third kappa shape index (κ3) is 5.09. The van der Waals surface area contributed by atoms with Gasteiger partial charge < -0.3 is 10.1 Å². The molecule has 0 aliphatic heterocycles. The van der Waals surface area contributed by atoms with Crippen LogP contribution < -0.4 is 10.1 Å². The van der Waals surface area contributed by atoms with Crippen LogP contribution in [0.2, 0.25) is 0 Å². The van der Waals surface area contributed by atoms with E-state index in [-0.39, 0.29) is 22.7 Å².